The molecule has 222 valence electrons. The minimum atomic E-state index is -0.0854. The zero-order valence-corrected chi connectivity index (χ0v) is 27.4. The number of nitrogens with zero attached hydrogens (tertiary/aromatic N) is 2. The lowest BCUT2D eigenvalue weighted by Crippen LogP contribution is -2.28. The Kier molecular flexibility index (Phi) is 7.84. The van der Waals surface area contributed by atoms with Gasteiger partial charge in [-0.2, -0.15) is 4.58 Å². The van der Waals surface area contributed by atoms with Gasteiger partial charge in [0.05, 0.1) is 5.41 Å². The molecule has 0 saturated heterocycles. The third-order valence-electron chi connectivity index (χ3n) is 10.00. The van der Waals surface area contributed by atoms with Crippen molar-refractivity contribution in [3.63, 3.8) is 0 Å². The van der Waals surface area contributed by atoms with Crippen LogP contribution in [0.15, 0.2) is 96.7 Å². The van der Waals surface area contributed by atoms with E-state index in [9.17, 15) is 0 Å². The summed E-state index contributed by atoms with van der Waals surface area (Å²) in [6.07, 6.45) is 12.3. The highest BCUT2D eigenvalue weighted by Gasteiger charge is 2.45. The van der Waals surface area contributed by atoms with Gasteiger partial charge in [0.1, 0.15) is 6.54 Å². The van der Waals surface area contributed by atoms with Crippen molar-refractivity contribution in [3.8, 4) is 0 Å². The second-order valence-corrected chi connectivity index (χ2v) is 14.0. The van der Waals surface area contributed by atoms with Gasteiger partial charge in [-0.05, 0) is 78.4 Å². The summed E-state index contributed by atoms with van der Waals surface area (Å²) < 4.78 is 2.63. The van der Waals surface area contributed by atoms with E-state index in [1.807, 2.05) is 0 Å². The predicted molar refractivity (Wildman–Crippen MR) is 187 cm³/mol. The lowest BCUT2D eigenvalue weighted by molar-refractivity contribution is -0.438. The van der Waals surface area contributed by atoms with E-state index in [-0.39, 0.29) is 10.8 Å². The number of anilines is 1. The average Bonchev–Trinajstić information content (AvgIpc) is 3.35. The SMILES string of the molecule is CCN1/C(=C/C=C/C2=[N+](CCCCCC(C)C)c3ccc4ccccc4c3C2(C)C)C(C)(C)c2c1ccc1ccccc21. The van der Waals surface area contributed by atoms with Crippen molar-refractivity contribution in [1.29, 1.82) is 0 Å². The fraction of sp³-hybridized carbons (Fsp3) is 0.390. The summed E-state index contributed by atoms with van der Waals surface area (Å²) in [5, 5.41) is 5.40. The summed E-state index contributed by atoms with van der Waals surface area (Å²) in [5.41, 5.74) is 8.26. The summed E-state index contributed by atoms with van der Waals surface area (Å²) in [4.78, 5) is 2.52. The minimum Gasteiger partial charge on any atom is -0.344 e. The van der Waals surface area contributed by atoms with Gasteiger partial charge >= 0.3 is 0 Å². The molecular formula is C41H49N2+. The van der Waals surface area contributed by atoms with Crippen LogP contribution in [0.1, 0.15) is 85.3 Å². The highest BCUT2D eigenvalue weighted by Crippen LogP contribution is 2.51. The van der Waals surface area contributed by atoms with Gasteiger partial charge in [-0.25, -0.2) is 0 Å². The molecule has 2 heteroatoms. The average molecular weight is 570 g/mol. The van der Waals surface area contributed by atoms with Crippen LogP contribution in [-0.2, 0) is 10.8 Å². The normalized spacial score (nSPS) is 18.1. The Morgan fingerprint density at radius 1 is 0.744 bits per heavy atom. The molecule has 0 aromatic heterocycles. The van der Waals surface area contributed by atoms with Crippen molar-refractivity contribution in [2.45, 2.75) is 85.0 Å². The number of hydrogen-bond acceptors (Lipinski definition) is 1. The van der Waals surface area contributed by atoms with E-state index in [1.165, 1.54) is 81.1 Å². The number of benzene rings is 4. The van der Waals surface area contributed by atoms with Crippen LogP contribution in [0.2, 0.25) is 0 Å². The lowest BCUT2D eigenvalue weighted by atomic mass is 9.79. The van der Waals surface area contributed by atoms with Gasteiger partial charge in [0, 0.05) is 47.5 Å². The molecule has 2 aliphatic rings. The number of rotatable bonds is 9. The molecule has 2 heterocycles. The summed E-state index contributed by atoms with van der Waals surface area (Å²) in [6.45, 7) is 18.6. The number of hydrogen-bond donors (Lipinski definition) is 0. The molecule has 0 saturated carbocycles. The highest BCUT2D eigenvalue weighted by atomic mass is 15.2. The van der Waals surface area contributed by atoms with Crippen LogP contribution in [-0.4, -0.2) is 23.4 Å². The van der Waals surface area contributed by atoms with Crippen molar-refractivity contribution < 1.29 is 4.58 Å². The van der Waals surface area contributed by atoms with Crippen molar-refractivity contribution in [2.24, 2.45) is 5.92 Å². The van der Waals surface area contributed by atoms with Crippen LogP contribution < -0.4 is 4.90 Å². The Balaban J connectivity index is 1.40. The van der Waals surface area contributed by atoms with Crippen molar-refractivity contribution in [2.75, 3.05) is 18.0 Å². The third-order valence-corrected chi connectivity index (χ3v) is 10.00. The topological polar surface area (TPSA) is 6.25 Å². The zero-order valence-electron chi connectivity index (χ0n) is 27.4. The fourth-order valence-corrected chi connectivity index (χ4v) is 7.88. The predicted octanol–water partition coefficient (Wildman–Crippen LogP) is 10.8. The van der Waals surface area contributed by atoms with Gasteiger partial charge in [0.15, 0.2) is 5.71 Å². The summed E-state index contributed by atoms with van der Waals surface area (Å²) in [5.74, 6) is 0.780. The van der Waals surface area contributed by atoms with Gasteiger partial charge in [-0.1, -0.05) is 101 Å². The van der Waals surface area contributed by atoms with Crippen molar-refractivity contribution in [1.82, 2.24) is 0 Å². The lowest BCUT2D eigenvalue weighted by Gasteiger charge is -2.26. The van der Waals surface area contributed by atoms with Gasteiger partial charge < -0.3 is 4.90 Å². The highest BCUT2D eigenvalue weighted by molar-refractivity contribution is 6.07. The van der Waals surface area contributed by atoms with Crippen LogP contribution in [0.3, 0.4) is 0 Å². The first-order valence-electron chi connectivity index (χ1n) is 16.5. The van der Waals surface area contributed by atoms with Gasteiger partial charge in [0.25, 0.3) is 0 Å². The van der Waals surface area contributed by atoms with Crippen LogP contribution in [0, 0.1) is 5.92 Å². The summed E-state index contributed by atoms with van der Waals surface area (Å²) in [7, 11) is 0. The molecule has 2 aliphatic heterocycles. The first kappa shape index (κ1) is 29.4. The molecule has 6 rings (SSSR count). The van der Waals surface area contributed by atoms with Crippen LogP contribution in [0.25, 0.3) is 21.5 Å². The largest absolute Gasteiger partial charge is 0.344 e. The molecule has 4 aromatic carbocycles. The molecule has 0 N–H and O–H groups in total. The first-order chi connectivity index (χ1) is 20.7. The first-order valence-corrected chi connectivity index (χ1v) is 16.5. The Hall–Kier alpha value is -3.65. The summed E-state index contributed by atoms with van der Waals surface area (Å²) >= 11 is 0. The monoisotopic (exact) mass is 569 g/mol. The Bertz CT molecular complexity index is 1760. The van der Waals surface area contributed by atoms with E-state index in [0.717, 1.165) is 19.0 Å². The third kappa shape index (κ3) is 5.03. The fourth-order valence-electron chi connectivity index (χ4n) is 7.88. The number of likely N-dealkylation sites (N-methyl/N-ethyl adjacent to an activating group) is 1. The van der Waals surface area contributed by atoms with E-state index < -0.39 is 0 Å². The van der Waals surface area contributed by atoms with Crippen molar-refractivity contribution >= 4 is 38.6 Å². The molecule has 0 bridgehead atoms. The Morgan fingerprint density at radius 2 is 1.40 bits per heavy atom. The Morgan fingerprint density at radius 3 is 2.07 bits per heavy atom. The standard InChI is InChI=1S/C41H49N2/c1-8-42-34-26-24-30-18-11-13-20-32(30)38(34)40(4,5)36(42)22-16-23-37-41(6,7)39-33-21-14-12-19-31(33)25-27-35(39)43(37)28-15-9-10-17-29(2)3/h11-14,16,18-27,29H,8-10,15,17,28H2,1-7H3/q+1. The summed E-state index contributed by atoms with van der Waals surface area (Å²) in [6, 6.07) is 27.0. The van der Waals surface area contributed by atoms with E-state index in [2.05, 4.69) is 149 Å². The molecule has 0 fully saturated rings. The van der Waals surface area contributed by atoms with Gasteiger partial charge in [0.2, 0.25) is 5.69 Å². The maximum absolute atomic E-state index is 2.63. The maximum Gasteiger partial charge on any atom is 0.210 e. The van der Waals surface area contributed by atoms with E-state index >= 15 is 0 Å². The molecule has 0 radical (unpaired) electrons. The number of allylic oxidation sites excluding steroid dienone is 4. The zero-order chi connectivity index (χ0) is 30.4. The molecule has 0 aliphatic carbocycles. The Labute approximate surface area is 259 Å². The number of unbranched alkanes of at least 4 members (excludes halogenated alkanes) is 2. The van der Waals surface area contributed by atoms with E-state index in [0.29, 0.717) is 0 Å². The number of fused-ring (bicyclic) bond motifs is 6. The van der Waals surface area contributed by atoms with Gasteiger partial charge in [-0.15, -0.1) is 0 Å². The molecule has 43 heavy (non-hydrogen) atoms. The van der Waals surface area contributed by atoms with E-state index in [4.69, 9.17) is 0 Å². The molecule has 2 nitrogen and oxygen atoms in total. The molecule has 0 unspecified atom stereocenters. The second-order valence-electron chi connectivity index (χ2n) is 14.0. The van der Waals surface area contributed by atoms with Crippen LogP contribution in [0.5, 0.6) is 0 Å². The van der Waals surface area contributed by atoms with Crippen molar-refractivity contribution in [3.05, 3.63) is 108 Å². The van der Waals surface area contributed by atoms with Gasteiger partial charge in [-0.3, -0.25) is 0 Å². The van der Waals surface area contributed by atoms with Crippen LogP contribution >= 0.6 is 0 Å². The molecule has 0 amide bonds. The smallest absolute Gasteiger partial charge is 0.210 e. The van der Waals surface area contributed by atoms with Crippen LogP contribution in [0.4, 0.5) is 11.4 Å². The molecule has 0 spiro atoms. The maximum atomic E-state index is 2.63. The minimum absolute atomic E-state index is 0.0817. The van der Waals surface area contributed by atoms with E-state index in [1.54, 1.807) is 0 Å². The quantitative estimate of drug-likeness (QED) is 0.143. The molecular weight excluding hydrogens is 520 g/mol. The second kappa shape index (κ2) is 11.5. The molecule has 0 atom stereocenters. The molecule has 4 aromatic rings.